The Bertz CT molecular complexity index is 730. The summed E-state index contributed by atoms with van der Waals surface area (Å²) >= 11 is 0. The third kappa shape index (κ3) is 4.29. The minimum absolute atomic E-state index is 0.0329. The zero-order chi connectivity index (χ0) is 16.8. The molecule has 0 spiro atoms. The second-order valence-corrected chi connectivity index (χ2v) is 4.79. The normalized spacial score (nSPS) is 10.0. The number of hydrogen-bond donors (Lipinski definition) is 1. The minimum Gasteiger partial charge on any atom is -0.496 e. The molecule has 2 rings (SSSR count). The zero-order valence-electron chi connectivity index (χ0n) is 12.8. The van der Waals surface area contributed by atoms with Crippen LogP contribution in [0.3, 0.4) is 0 Å². The van der Waals surface area contributed by atoms with Gasteiger partial charge >= 0.3 is 5.97 Å². The lowest BCUT2D eigenvalue weighted by Crippen LogP contribution is -2.21. The number of carbonyl (C=O) groups is 2. The van der Waals surface area contributed by atoms with Crippen LogP contribution in [-0.2, 0) is 9.53 Å². The molecule has 0 fully saturated rings. The highest BCUT2D eigenvalue weighted by molar-refractivity contribution is 5.95. The third-order valence-electron chi connectivity index (χ3n) is 3.13. The standard InChI is InChI=1S/C17H16FNO4/c1-11-7-8-12(9-15(11)22-2)17(21)23-10-16(20)19-14-6-4-3-5-13(14)18/h3-9H,10H2,1-2H3,(H,19,20). The summed E-state index contributed by atoms with van der Waals surface area (Å²) in [7, 11) is 1.50. The smallest absolute Gasteiger partial charge is 0.338 e. The van der Waals surface area contributed by atoms with Crippen molar-refractivity contribution in [1.29, 1.82) is 0 Å². The van der Waals surface area contributed by atoms with Gasteiger partial charge in [0.25, 0.3) is 5.91 Å². The summed E-state index contributed by atoms with van der Waals surface area (Å²) in [4.78, 5) is 23.6. The summed E-state index contributed by atoms with van der Waals surface area (Å²) in [6, 6.07) is 10.6. The van der Waals surface area contributed by atoms with Crippen LogP contribution in [0, 0.1) is 12.7 Å². The lowest BCUT2D eigenvalue weighted by atomic mass is 10.1. The first-order chi connectivity index (χ1) is 11.0. The highest BCUT2D eigenvalue weighted by Gasteiger charge is 2.13. The molecule has 0 bridgehead atoms. The molecule has 0 aliphatic heterocycles. The van der Waals surface area contributed by atoms with E-state index in [0.717, 1.165) is 5.56 Å². The number of carbonyl (C=O) groups excluding carboxylic acids is 2. The van der Waals surface area contributed by atoms with E-state index in [2.05, 4.69) is 5.32 Å². The van der Waals surface area contributed by atoms with E-state index in [1.54, 1.807) is 18.2 Å². The lowest BCUT2D eigenvalue weighted by molar-refractivity contribution is -0.119. The SMILES string of the molecule is COc1cc(C(=O)OCC(=O)Nc2ccccc2F)ccc1C. The van der Waals surface area contributed by atoms with E-state index in [0.29, 0.717) is 5.75 Å². The molecule has 0 saturated heterocycles. The molecule has 23 heavy (non-hydrogen) atoms. The van der Waals surface area contributed by atoms with Crippen molar-refractivity contribution in [2.24, 2.45) is 0 Å². The van der Waals surface area contributed by atoms with Crippen LogP contribution in [0.25, 0.3) is 0 Å². The average Bonchev–Trinajstić information content (AvgIpc) is 2.55. The number of amides is 1. The first-order valence-electron chi connectivity index (χ1n) is 6.87. The van der Waals surface area contributed by atoms with Crippen LogP contribution in [-0.4, -0.2) is 25.6 Å². The Morgan fingerprint density at radius 1 is 1.17 bits per heavy atom. The van der Waals surface area contributed by atoms with Crippen molar-refractivity contribution in [1.82, 2.24) is 0 Å². The van der Waals surface area contributed by atoms with Gasteiger partial charge in [-0.05, 0) is 36.8 Å². The highest BCUT2D eigenvalue weighted by Crippen LogP contribution is 2.19. The number of methoxy groups -OCH3 is 1. The number of anilines is 1. The Hall–Kier alpha value is -2.89. The third-order valence-corrected chi connectivity index (χ3v) is 3.13. The molecule has 0 atom stereocenters. The number of aryl methyl sites for hydroxylation is 1. The number of esters is 1. The van der Waals surface area contributed by atoms with Crippen LogP contribution in [0.2, 0.25) is 0 Å². The molecule has 2 aromatic carbocycles. The summed E-state index contributed by atoms with van der Waals surface area (Å²) in [5.74, 6) is -1.29. The predicted molar refractivity (Wildman–Crippen MR) is 83.0 cm³/mol. The van der Waals surface area contributed by atoms with Crippen molar-refractivity contribution < 1.29 is 23.5 Å². The molecule has 120 valence electrons. The highest BCUT2D eigenvalue weighted by atomic mass is 19.1. The van der Waals surface area contributed by atoms with Gasteiger partial charge in [-0.25, -0.2) is 9.18 Å². The monoisotopic (exact) mass is 317 g/mol. The summed E-state index contributed by atoms with van der Waals surface area (Å²) in [6.07, 6.45) is 0. The maximum Gasteiger partial charge on any atom is 0.338 e. The van der Waals surface area contributed by atoms with Crippen molar-refractivity contribution in [3.63, 3.8) is 0 Å². The van der Waals surface area contributed by atoms with E-state index in [9.17, 15) is 14.0 Å². The Morgan fingerprint density at radius 3 is 2.61 bits per heavy atom. The van der Waals surface area contributed by atoms with Crippen LogP contribution in [0.4, 0.5) is 10.1 Å². The Morgan fingerprint density at radius 2 is 1.91 bits per heavy atom. The number of benzene rings is 2. The quantitative estimate of drug-likeness (QED) is 0.861. The Labute approximate surface area is 133 Å². The van der Waals surface area contributed by atoms with E-state index in [1.165, 1.54) is 31.4 Å². The molecule has 6 heteroatoms. The van der Waals surface area contributed by atoms with Crippen molar-refractivity contribution in [2.45, 2.75) is 6.92 Å². The molecule has 0 saturated carbocycles. The van der Waals surface area contributed by atoms with E-state index < -0.39 is 24.3 Å². The maximum absolute atomic E-state index is 13.4. The van der Waals surface area contributed by atoms with E-state index in [4.69, 9.17) is 9.47 Å². The van der Waals surface area contributed by atoms with Gasteiger partial charge in [-0.3, -0.25) is 4.79 Å². The zero-order valence-corrected chi connectivity index (χ0v) is 12.8. The number of nitrogens with one attached hydrogen (secondary N) is 1. The van der Waals surface area contributed by atoms with E-state index in [-0.39, 0.29) is 11.3 Å². The van der Waals surface area contributed by atoms with Gasteiger partial charge in [0, 0.05) is 0 Å². The molecule has 1 amide bonds. The number of hydrogen-bond acceptors (Lipinski definition) is 4. The van der Waals surface area contributed by atoms with Gasteiger partial charge < -0.3 is 14.8 Å². The summed E-state index contributed by atoms with van der Waals surface area (Å²) < 4.78 is 23.4. The minimum atomic E-state index is -0.660. The van der Waals surface area contributed by atoms with Gasteiger partial charge in [0.05, 0.1) is 18.4 Å². The fourth-order valence-electron chi connectivity index (χ4n) is 1.91. The van der Waals surface area contributed by atoms with Crippen molar-refractivity contribution >= 4 is 17.6 Å². The second-order valence-electron chi connectivity index (χ2n) is 4.79. The summed E-state index contributed by atoms with van der Waals surface area (Å²) in [6.45, 7) is 1.33. The largest absolute Gasteiger partial charge is 0.496 e. The average molecular weight is 317 g/mol. The van der Waals surface area contributed by atoms with Gasteiger partial charge in [0.2, 0.25) is 0 Å². The van der Waals surface area contributed by atoms with Crippen LogP contribution in [0.15, 0.2) is 42.5 Å². The first-order valence-corrected chi connectivity index (χ1v) is 6.87. The van der Waals surface area contributed by atoms with Crippen molar-refractivity contribution in [3.8, 4) is 5.75 Å². The molecule has 0 heterocycles. The van der Waals surface area contributed by atoms with Crippen LogP contribution >= 0.6 is 0 Å². The molecule has 1 N–H and O–H groups in total. The number of para-hydroxylation sites is 1. The molecule has 5 nitrogen and oxygen atoms in total. The predicted octanol–water partition coefficient (Wildman–Crippen LogP) is 2.94. The van der Waals surface area contributed by atoms with Gasteiger partial charge in [-0.15, -0.1) is 0 Å². The fourth-order valence-corrected chi connectivity index (χ4v) is 1.91. The number of ether oxygens (including phenoxy) is 2. The molecule has 2 aromatic rings. The molecule has 0 aliphatic rings. The first kappa shape index (κ1) is 16.5. The van der Waals surface area contributed by atoms with E-state index in [1.807, 2.05) is 6.92 Å². The molecular formula is C17H16FNO4. The topological polar surface area (TPSA) is 64.6 Å². The number of halogens is 1. The molecular weight excluding hydrogens is 301 g/mol. The Kier molecular flexibility index (Phi) is 5.30. The van der Waals surface area contributed by atoms with Gasteiger partial charge in [-0.2, -0.15) is 0 Å². The Balaban J connectivity index is 1.94. The van der Waals surface area contributed by atoms with Gasteiger partial charge in [0.1, 0.15) is 11.6 Å². The maximum atomic E-state index is 13.4. The summed E-state index contributed by atoms with van der Waals surface area (Å²) in [5.41, 5.74) is 1.18. The molecule has 0 aliphatic carbocycles. The van der Waals surface area contributed by atoms with Crippen LogP contribution in [0.1, 0.15) is 15.9 Å². The van der Waals surface area contributed by atoms with Gasteiger partial charge in [-0.1, -0.05) is 18.2 Å². The molecule has 0 radical (unpaired) electrons. The lowest BCUT2D eigenvalue weighted by Gasteiger charge is -2.09. The van der Waals surface area contributed by atoms with Crippen molar-refractivity contribution in [3.05, 3.63) is 59.4 Å². The second kappa shape index (κ2) is 7.40. The van der Waals surface area contributed by atoms with E-state index >= 15 is 0 Å². The van der Waals surface area contributed by atoms with Crippen LogP contribution in [0.5, 0.6) is 5.75 Å². The molecule has 0 aromatic heterocycles. The van der Waals surface area contributed by atoms with Crippen LogP contribution < -0.4 is 10.1 Å². The number of rotatable bonds is 5. The summed E-state index contributed by atoms with van der Waals surface area (Å²) in [5, 5.41) is 2.33. The fraction of sp³-hybridized carbons (Fsp3) is 0.176. The van der Waals surface area contributed by atoms with Gasteiger partial charge in [0.15, 0.2) is 6.61 Å². The van der Waals surface area contributed by atoms with Crippen molar-refractivity contribution in [2.75, 3.05) is 19.0 Å². The molecule has 0 unspecified atom stereocenters.